The number of hydrogen-bond acceptors (Lipinski definition) is 4. The molecule has 5 nitrogen and oxygen atoms in total. The van der Waals surface area contributed by atoms with Gasteiger partial charge in [0.05, 0.1) is 19.4 Å². The Morgan fingerprint density at radius 2 is 1.79 bits per heavy atom. The summed E-state index contributed by atoms with van der Waals surface area (Å²) in [5, 5.41) is 3.81. The molecule has 2 aromatic carbocycles. The van der Waals surface area contributed by atoms with Crippen LogP contribution in [-0.2, 0) is 4.79 Å². The lowest BCUT2D eigenvalue weighted by Gasteiger charge is -2.09. The van der Waals surface area contributed by atoms with E-state index in [4.69, 9.17) is 9.47 Å². The second-order valence-electron chi connectivity index (χ2n) is 5.31. The van der Waals surface area contributed by atoms with Crippen molar-refractivity contribution < 1.29 is 14.3 Å². The Balaban J connectivity index is 1.68. The number of carbonyl (C=O) groups excluding carboxylic acids is 1. The van der Waals surface area contributed by atoms with Crippen molar-refractivity contribution in [1.29, 1.82) is 0 Å². The zero-order valence-electron chi connectivity index (χ0n) is 14.0. The molecule has 0 atom stereocenters. The number of para-hydroxylation sites is 1. The van der Waals surface area contributed by atoms with Crippen LogP contribution in [0.4, 0.5) is 0 Å². The van der Waals surface area contributed by atoms with E-state index in [-0.39, 0.29) is 5.91 Å². The van der Waals surface area contributed by atoms with Crippen molar-refractivity contribution in [2.45, 2.75) is 20.3 Å². The SMILES string of the molecule is CC(=O)N/N=C/c1ccc(OCCCOc2ccccc2C)cc1. The van der Waals surface area contributed by atoms with Gasteiger partial charge in [0.25, 0.3) is 0 Å². The second-order valence-corrected chi connectivity index (χ2v) is 5.31. The molecule has 0 aromatic heterocycles. The van der Waals surface area contributed by atoms with Gasteiger partial charge in [0.2, 0.25) is 5.91 Å². The van der Waals surface area contributed by atoms with Gasteiger partial charge < -0.3 is 9.47 Å². The first kappa shape index (κ1) is 17.5. The number of amides is 1. The van der Waals surface area contributed by atoms with Gasteiger partial charge in [0.1, 0.15) is 11.5 Å². The normalized spacial score (nSPS) is 10.6. The van der Waals surface area contributed by atoms with Crippen LogP contribution in [0.15, 0.2) is 53.6 Å². The highest BCUT2D eigenvalue weighted by atomic mass is 16.5. The summed E-state index contributed by atoms with van der Waals surface area (Å²) in [7, 11) is 0. The van der Waals surface area contributed by atoms with Gasteiger partial charge in [-0.2, -0.15) is 5.10 Å². The maximum atomic E-state index is 10.7. The highest BCUT2D eigenvalue weighted by Crippen LogP contribution is 2.16. The van der Waals surface area contributed by atoms with Crippen LogP contribution in [0.2, 0.25) is 0 Å². The topological polar surface area (TPSA) is 59.9 Å². The summed E-state index contributed by atoms with van der Waals surface area (Å²) >= 11 is 0. The number of ether oxygens (including phenoxy) is 2. The van der Waals surface area contributed by atoms with Crippen LogP contribution < -0.4 is 14.9 Å². The standard InChI is InChI=1S/C19H22N2O3/c1-15-6-3-4-7-19(15)24-13-5-12-23-18-10-8-17(9-11-18)14-20-21-16(2)22/h3-4,6-11,14H,5,12-13H2,1-2H3,(H,21,22)/b20-14+. The molecule has 126 valence electrons. The summed E-state index contributed by atoms with van der Waals surface area (Å²) in [6, 6.07) is 15.5. The lowest BCUT2D eigenvalue weighted by molar-refractivity contribution is -0.118. The summed E-state index contributed by atoms with van der Waals surface area (Å²) in [6.07, 6.45) is 2.39. The third-order valence-electron chi connectivity index (χ3n) is 3.22. The maximum absolute atomic E-state index is 10.7. The number of nitrogens with zero attached hydrogens (tertiary/aromatic N) is 1. The molecule has 1 amide bonds. The minimum atomic E-state index is -0.195. The molecule has 5 heteroatoms. The molecular formula is C19H22N2O3. The fourth-order valence-corrected chi connectivity index (χ4v) is 2.00. The highest BCUT2D eigenvalue weighted by molar-refractivity contribution is 5.81. The molecule has 1 N–H and O–H groups in total. The molecule has 0 fully saturated rings. The predicted octanol–water partition coefficient (Wildman–Crippen LogP) is 3.31. The van der Waals surface area contributed by atoms with E-state index in [1.807, 2.05) is 55.5 Å². The summed E-state index contributed by atoms with van der Waals surface area (Å²) in [5.74, 6) is 1.52. The first-order valence-electron chi connectivity index (χ1n) is 7.86. The number of rotatable bonds is 8. The van der Waals surface area contributed by atoms with Gasteiger partial charge in [-0.3, -0.25) is 4.79 Å². The number of nitrogens with one attached hydrogen (secondary N) is 1. The minimum Gasteiger partial charge on any atom is -0.493 e. The molecule has 24 heavy (non-hydrogen) atoms. The lowest BCUT2D eigenvalue weighted by atomic mass is 10.2. The van der Waals surface area contributed by atoms with Gasteiger partial charge in [-0.25, -0.2) is 5.43 Å². The fraction of sp³-hybridized carbons (Fsp3) is 0.263. The van der Waals surface area contributed by atoms with Crippen molar-refractivity contribution in [3.8, 4) is 11.5 Å². The largest absolute Gasteiger partial charge is 0.493 e. The molecule has 2 aromatic rings. The lowest BCUT2D eigenvalue weighted by Crippen LogP contribution is -2.12. The zero-order valence-corrected chi connectivity index (χ0v) is 14.0. The molecule has 0 aliphatic rings. The van der Waals surface area contributed by atoms with E-state index in [9.17, 15) is 4.79 Å². The van der Waals surface area contributed by atoms with Crippen molar-refractivity contribution in [2.24, 2.45) is 5.10 Å². The number of benzene rings is 2. The van der Waals surface area contributed by atoms with Gasteiger partial charge in [-0.15, -0.1) is 0 Å². The molecule has 0 unspecified atom stereocenters. The summed E-state index contributed by atoms with van der Waals surface area (Å²) in [6.45, 7) is 4.65. The molecule has 0 radical (unpaired) electrons. The average molecular weight is 326 g/mol. The third-order valence-corrected chi connectivity index (χ3v) is 3.22. The van der Waals surface area contributed by atoms with Crippen LogP contribution in [0, 0.1) is 6.92 Å². The van der Waals surface area contributed by atoms with Crippen LogP contribution in [-0.4, -0.2) is 25.3 Å². The zero-order chi connectivity index (χ0) is 17.2. The number of hydrogen-bond donors (Lipinski definition) is 1. The van der Waals surface area contributed by atoms with E-state index in [0.29, 0.717) is 13.2 Å². The fourth-order valence-electron chi connectivity index (χ4n) is 2.00. The summed E-state index contributed by atoms with van der Waals surface area (Å²) in [5.41, 5.74) is 4.38. The predicted molar refractivity (Wildman–Crippen MR) is 94.6 cm³/mol. The molecule has 0 saturated heterocycles. The van der Waals surface area contributed by atoms with E-state index < -0.39 is 0 Å². The smallest absolute Gasteiger partial charge is 0.236 e. The molecular weight excluding hydrogens is 304 g/mol. The maximum Gasteiger partial charge on any atom is 0.236 e. The average Bonchev–Trinajstić information content (AvgIpc) is 2.57. The van der Waals surface area contributed by atoms with Crippen LogP contribution in [0.3, 0.4) is 0 Å². The van der Waals surface area contributed by atoms with E-state index >= 15 is 0 Å². The Morgan fingerprint density at radius 3 is 2.50 bits per heavy atom. The van der Waals surface area contributed by atoms with E-state index in [2.05, 4.69) is 10.5 Å². The van der Waals surface area contributed by atoms with Crippen molar-refractivity contribution in [3.63, 3.8) is 0 Å². The molecule has 0 spiro atoms. The minimum absolute atomic E-state index is 0.195. The van der Waals surface area contributed by atoms with Gasteiger partial charge in [0.15, 0.2) is 0 Å². The van der Waals surface area contributed by atoms with Gasteiger partial charge in [-0.1, -0.05) is 18.2 Å². The van der Waals surface area contributed by atoms with Crippen LogP contribution in [0.1, 0.15) is 24.5 Å². The number of carbonyl (C=O) groups is 1. The molecule has 0 saturated carbocycles. The van der Waals surface area contributed by atoms with Crippen molar-refractivity contribution >= 4 is 12.1 Å². The van der Waals surface area contributed by atoms with Crippen LogP contribution in [0.25, 0.3) is 0 Å². The summed E-state index contributed by atoms with van der Waals surface area (Å²) < 4.78 is 11.4. The summed E-state index contributed by atoms with van der Waals surface area (Å²) in [4.78, 5) is 10.7. The molecule has 0 bridgehead atoms. The molecule has 2 rings (SSSR count). The van der Waals surface area contributed by atoms with Gasteiger partial charge in [0, 0.05) is 13.3 Å². The first-order valence-corrected chi connectivity index (χ1v) is 7.86. The van der Waals surface area contributed by atoms with Crippen LogP contribution >= 0.6 is 0 Å². The Kier molecular flexibility index (Phi) is 6.83. The first-order chi connectivity index (χ1) is 11.6. The van der Waals surface area contributed by atoms with Crippen molar-refractivity contribution in [1.82, 2.24) is 5.43 Å². The quantitative estimate of drug-likeness (QED) is 0.460. The molecule has 0 aliphatic heterocycles. The Labute approximate surface area is 142 Å². The van der Waals surface area contributed by atoms with Gasteiger partial charge >= 0.3 is 0 Å². The molecule has 0 aliphatic carbocycles. The van der Waals surface area contributed by atoms with Crippen LogP contribution in [0.5, 0.6) is 11.5 Å². The highest BCUT2D eigenvalue weighted by Gasteiger charge is 1.98. The van der Waals surface area contributed by atoms with Crippen molar-refractivity contribution in [3.05, 3.63) is 59.7 Å². The Hall–Kier alpha value is -2.82. The molecule has 0 heterocycles. The third kappa shape index (κ3) is 6.12. The van der Waals surface area contributed by atoms with E-state index in [0.717, 1.165) is 29.0 Å². The monoisotopic (exact) mass is 326 g/mol. The number of hydrazone groups is 1. The van der Waals surface area contributed by atoms with E-state index in [1.54, 1.807) is 6.21 Å². The number of aryl methyl sites for hydroxylation is 1. The van der Waals surface area contributed by atoms with Crippen molar-refractivity contribution in [2.75, 3.05) is 13.2 Å². The van der Waals surface area contributed by atoms with E-state index in [1.165, 1.54) is 6.92 Å². The van der Waals surface area contributed by atoms with Gasteiger partial charge in [-0.05, 0) is 48.4 Å². The Morgan fingerprint density at radius 1 is 1.08 bits per heavy atom. The Bertz CT molecular complexity index is 681. The second kappa shape index (κ2) is 9.35.